The standard InChI is InChI=1S/C13H10N4O6/c1-14-5-2-4-9(20)15-13(22)17-10(4)16(11(5)21)3-6-7(18)8(19)12(17)23-6/h2,6-8,12,18-19H,3H2,(H,15,20,22)/t6-,7+,8?,12-/m1/s1. The third-order valence-electron chi connectivity index (χ3n) is 4.23. The SMILES string of the molecule is [C-]#[N+]c1cc2c(=O)[nH]c(=O)n3c2n(c1=O)C[C@H]1O[C@@H]3C(O)[C@H]1O. The molecule has 3 N–H and O–H groups in total. The first-order chi connectivity index (χ1) is 10.9. The molecule has 2 aromatic rings. The molecule has 23 heavy (non-hydrogen) atoms. The van der Waals surface area contributed by atoms with Crippen LogP contribution in [0.3, 0.4) is 0 Å². The predicted molar refractivity (Wildman–Crippen MR) is 75.3 cm³/mol. The van der Waals surface area contributed by atoms with E-state index in [0.717, 1.165) is 15.2 Å². The fourth-order valence-corrected chi connectivity index (χ4v) is 3.15. The van der Waals surface area contributed by atoms with Gasteiger partial charge in [-0.3, -0.25) is 14.6 Å². The van der Waals surface area contributed by atoms with Crippen molar-refractivity contribution in [3.05, 3.63) is 48.7 Å². The van der Waals surface area contributed by atoms with E-state index in [2.05, 4.69) is 9.83 Å². The lowest BCUT2D eigenvalue weighted by molar-refractivity contribution is -0.0352. The van der Waals surface area contributed by atoms with Crippen molar-refractivity contribution < 1.29 is 14.9 Å². The fourth-order valence-electron chi connectivity index (χ4n) is 3.15. The third kappa shape index (κ3) is 1.63. The lowest BCUT2D eigenvalue weighted by Gasteiger charge is -2.22. The molecule has 2 aliphatic heterocycles. The van der Waals surface area contributed by atoms with Crippen LogP contribution in [0.4, 0.5) is 5.69 Å². The summed E-state index contributed by atoms with van der Waals surface area (Å²) in [6.07, 6.45) is -4.85. The summed E-state index contributed by atoms with van der Waals surface area (Å²) in [6, 6.07) is 1.11. The van der Waals surface area contributed by atoms with Crippen LogP contribution < -0.4 is 16.8 Å². The Balaban J connectivity index is 2.25. The molecule has 4 heterocycles. The molecular formula is C13H10N4O6. The Kier molecular flexibility index (Phi) is 2.65. The fraction of sp³-hybridized carbons (Fsp3) is 0.385. The average molecular weight is 318 g/mol. The van der Waals surface area contributed by atoms with Crippen molar-refractivity contribution in [3.8, 4) is 0 Å². The molecule has 0 amide bonds. The van der Waals surface area contributed by atoms with Crippen LogP contribution in [0.1, 0.15) is 6.23 Å². The van der Waals surface area contributed by atoms with Crippen LogP contribution in [-0.2, 0) is 11.3 Å². The van der Waals surface area contributed by atoms with Crippen molar-refractivity contribution >= 4 is 16.7 Å². The molecule has 0 aromatic carbocycles. The van der Waals surface area contributed by atoms with Gasteiger partial charge in [0.15, 0.2) is 6.23 Å². The largest absolute Gasteiger partial charge is 0.387 e. The molecule has 1 saturated heterocycles. The minimum atomic E-state index is -1.38. The minimum Gasteiger partial charge on any atom is -0.387 e. The topological polar surface area (TPSA) is 131 Å². The van der Waals surface area contributed by atoms with E-state index in [1.165, 1.54) is 0 Å². The lowest BCUT2D eigenvalue weighted by Crippen LogP contribution is -2.43. The van der Waals surface area contributed by atoms with E-state index in [0.29, 0.717) is 0 Å². The van der Waals surface area contributed by atoms with Crippen molar-refractivity contribution in [2.45, 2.75) is 31.1 Å². The second-order valence-electron chi connectivity index (χ2n) is 5.47. The quantitative estimate of drug-likeness (QED) is 0.483. The maximum atomic E-state index is 12.4. The Labute approximate surface area is 126 Å². The van der Waals surface area contributed by atoms with E-state index in [-0.39, 0.29) is 23.3 Å². The van der Waals surface area contributed by atoms with Gasteiger partial charge in [0.05, 0.1) is 18.5 Å². The van der Waals surface area contributed by atoms with Crippen LogP contribution in [0.2, 0.25) is 0 Å². The van der Waals surface area contributed by atoms with Crippen molar-refractivity contribution in [1.29, 1.82) is 0 Å². The monoisotopic (exact) mass is 318 g/mol. The van der Waals surface area contributed by atoms with Crippen LogP contribution in [0.25, 0.3) is 15.9 Å². The zero-order valence-corrected chi connectivity index (χ0v) is 11.5. The number of hydrogen-bond donors (Lipinski definition) is 3. The van der Waals surface area contributed by atoms with Gasteiger partial charge in [-0.15, -0.1) is 0 Å². The van der Waals surface area contributed by atoms with Gasteiger partial charge in [-0.05, 0) is 6.07 Å². The average Bonchev–Trinajstić information content (AvgIpc) is 2.71. The predicted octanol–water partition coefficient (Wildman–Crippen LogP) is -1.96. The lowest BCUT2D eigenvalue weighted by atomic mass is 10.1. The number of aromatic amines is 1. The van der Waals surface area contributed by atoms with E-state index in [4.69, 9.17) is 11.3 Å². The molecule has 4 atom stereocenters. The summed E-state index contributed by atoms with van der Waals surface area (Å²) < 4.78 is 7.48. The van der Waals surface area contributed by atoms with Crippen LogP contribution in [0.5, 0.6) is 0 Å². The van der Waals surface area contributed by atoms with Crippen LogP contribution in [0.15, 0.2) is 20.4 Å². The molecule has 0 spiro atoms. The summed E-state index contributed by atoms with van der Waals surface area (Å²) in [5.41, 5.74) is -2.61. The highest BCUT2D eigenvalue weighted by atomic mass is 16.6. The molecule has 1 fully saturated rings. The molecular weight excluding hydrogens is 308 g/mol. The highest BCUT2D eigenvalue weighted by Gasteiger charge is 2.47. The number of aliphatic hydroxyl groups excluding tert-OH is 2. The number of aliphatic hydroxyl groups is 2. The summed E-state index contributed by atoms with van der Waals surface area (Å²) >= 11 is 0. The Morgan fingerprint density at radius 1 is 1.30 bits per heavy atom. The number of nitrogens with one attached hydrogen (secondary N) is 1. The van der Waals surface area contributed by atoms with Gasteiger partial charge in [0, 0.05) is 0 Å². The minimum absolute atomic E-state index is 0.0328. The number of hydrogen-bond acceptors (Lipinski definition) is 6. The summed E-state index contributed by atoms with van der Waals surface area (Å²) in [5.74, 6) is 0. The van der Waals surface area contributed by atoms with Crippen LogP contribution in [0, 0.1) is 6.57 Å². The third-order valence-corrected chi connectivity index (χ3v) is 4.23. The van der Waals surface area contributed by atoms with Gasteiger partial charge in [-0.2, -0.15) is 0 Å². The molecule has 0 radical (unpaired) electrons. The normalized spacial score (nSPS) is 28.6. The first-order valence-corrected chi connectivity index (χ1v) is 6.75. The first kappa shape index (κ1) is 13.9. The number of ether oxygens (including phenoxy) is 1. The molecule has 2 bridgehead atoms. The molecule has 1 unspecified atom stereocenters. The molecule has 0 saturated carbocycles. The Morgan fingerprint density at radius 2 is 2.04 bits per heavy atom. The Morgan fingerprint density at radius 3 is 2.74 bits per heavy atom. The molecule has 2 aromatic heterocycles. The van der Waals surface area contributed by atoms with Crippen molar-refractivity contribution in [2.75, 3.05) is 0 Å². The zero-order valence-electron chi connectivity index (χ0n) is 11.5. The number of H-pyrrole nitrogens is 1. The van der Waals surface area contributed by atoms with Crippen molar-refractivity contribution in [1.82, 2.24) is 14.1 Å². The molecule has 118 valence electrons. The number of nitrogens with zero attached hydrogens (tertiary/aromatic N) is 3. The number of aromatic nitrogens is 3. The summed E-state index contributed by atoms with van der Waals surface area (Å²) in [4.78, 5) is 41.8. The van der Waals surface area contributed by atoms with Crippen LogP contribution in [-0.4, -0.2) is 42.6 Å². The zero-order chi connectivity index (χ0) is 16.5. The van der Waals surface area contributed by atoms with Gasteiger partial charge in [0.1, 0.15) is 24.0 Å². The van der Waals surface area contributed by atoms with E-state index >= 15 is 0 Å². The highest BCUT2D eigenvalue weighted by Crippen LogP contribution is 2.33. The van der Waals surface area contributed by atoms with E-state index in [1.807, 2.05) is 0 Å². The van der Waals surface area contributed by atoms with E-state index < -0.39 is 41.3 Å². The molecule has 10 heteroatoms. The first-order valence-electron chi connectivity index (χ1n) is 6.75. The van der Waals surface area contributed by atoms with Gasteiger partial charge in [0.25, 0.3) is 16.8 Å². The van der Waals surface area contributed by atoms with Crippen LogP contribution >= 0.6 is 0 Å². The van der Waals surface area contributed by atoms with Gasteiger partial charge in [0.2, 0.25) is 0 Å². The second kappa shape index (κ2) is 4.39. The van der Waals surface area contributed by atoms with Crippen molar-refractivity contribution in [3.63, 3.8) is 0 Å². The summed E-state index contributed by atoms with van der Waals surface area (Å²) in [5, 5.41) is 20.0. The highest BCUT2D eigenvalue weighted by molar-refractivity contribution is 5.78. The Hall–Kier alpha value is -2.74. The van der Waals surface area contributed by atoms with Crippen molar-refractivity contribution in [2.24, 2.45) is 0 Å². The molecule has 2 aliphatic rings. The van der Waals surface area contributed by atoms with Gasteiger partial charge < -0.3 is 19.5 Å². The molecule has 0 aliphatic carbocycles. The maximum absolute atomic E-state index is 12.4. The summed E-state index contributed by atoms with van der Waals surface area (Å²) in [7, 11) is 0. The van der Waals surface area contributed by atoms with E-state index in [9.17, 15) is 24.6 Å². The molecule has 4 rings (SSSR count). The van der Waals surface area contributed by atoms with E-state index in [1.54, 1.807) is 0 Å². The summed E-state index contributed by atoms with van der Waals surface area (Å²) in [6.45, 7) is 6.87. The van der Waals surface area contributed by atoms with Gasteiger partial charge >= 0.3 is 5.69 Å². The van der Waals surface area contributed by atoms with Gasteiger partial charge in [-0.25, -0.2) is 14.2 Å². The number of rotatable bonds is 0. The number of fused-ring (bicyclic) bond motifs is 3. The maximum Gasteiger partial charge on any atom is 0.332 e. The smallest absolute Gasteiger partial charge is 0.332 e. The second-order valence-corrected chi connectivity index (χ2v) is 5.47. The van der Waals surface area contributed by atoms with Gasteiger partial charge in [-0.1, -0.05) is 0 Å². The molecule has 10 nitrogen and oxygen atoms in total. The number of pyridine rings is 1. The Bertz CT molecular complexity index is 1060.